The van der Waals surface area contributed by atoms with Crippen LogP contribution in [-0.4, -0.2) is 30.1 Å². The number of phenolic OH excluding ortho intramolecular Hbond substituents is 1. The highest BCUT2D eigenvalue weighted by Crippen LogP contribution is 2.27. The Morgan fingerprint density at radius 2 is 1.65 bits per heavy atom. The largest absolute Gasteiger partial charge is 0.507 e. The Kier molecular flexibility index (Phi) is 5.01. The Morgan fingerprint density at radius 3 is 2.22 bits per heavy atom. The van der Waals surface area contributed by atoms with Crippen LogP contribution in [0.25, 0.3) is 0 Å². The van der Waals surface area contributed by atoms with Crippen molar-refractivity contribution in [1.29, 1.82) is 0 Å². The molecule has 0 unspecified atom stereocenters. The molecular weight excluding hydrogens is 296 g/mol. The van der Waals surface area contributed by atoms with Crippen molar-refractivity contribution in [2.75, 3.05) is 7.11 Å². The van der Waals surface area contributed by atoms with E-state index in [9.17, 15) is 14.7 Å². The van der Waals surface area contributed by atoms with Gasteiger partial charge in [0, 0.05) is 11.6 Å². The van der Waals surface area contributed by atoms with Crippen molar-refractivity contribution >= 4 is 11.8 Å². The van der Waals surface area contributed by atoms with E-state index in [0.29, 0.717) is 5.75 Å². The van der Waals surface area contributed by atoms with Gasteiger partial charge in [0.25, 0.3) is 0 Å². The van der Waals surface area contributed by atoms with Crippen molar-refractivity contribution in [2.24, 2.45) is 0 Å². The number of ketones is 1. The van der Waals surface area contributed by atoms with Gasteiger partial charge in [-0.2, -0.15) is 0 Å². The van der Waals surface area contributed by atoms with Gasteiger partial charge in [0.15, 0.2) is 5.78 Å². The molecule has 0 fully saturated rings. The number of methoxy groups -OCH3 is 1. The zero-order chi connectivity index (χ0) is 17.0. The summed E-state index contributed by atoms with van der Waals surface area (Å²) in [6.45, 7) is 3.47. The van der Waals surface area contributed by atoms with Crippen LogP contribution in [0.3, 0.4) is 0 Å². The molecule has 0 radical (unpaired) electrons. The van der Waals surface area contributed by atoms with Crippen molar-refractivity contribution in [2.45, 2.75) is 20.0 Å². The number of hydrogen-bond donors (Lipinski definition) is 1. The molecule has 0 amide bonds. The van der Waals surface area contributed by atoms with Gasteiger partial charge in [-0.3, -0.25) is 4.79 Å². The molecule has 1 N–H and O–H groups in total. The first-order valence-corrected chi connectivity index (χ1v) is 7.15. The van der Waals surface area contributed by atoms with E-state index in [1.54, 1.807) is 32.0 Å². The maximum atomic E-state index is 12.7. The smallest absolute Gasteiger partial charge is 0.339 e. The fraction of sp³-hybridized carbons (Fsp3) is 0.222. The summed E-state index contributed by atoms with van der Waals surface area (Å²) < 4.78 is 10.2. The molecule has 5 nitrogen and oxygen atoms in total. The molecule has 2 aromatic carbocycles. The third-order valence-electron chi connectivity index (χ3n) is 3.18. The van der Waals surface area contributed by atoms with Crippen LogP contribution in [0.15, 0.2) is 42.5 Å². The summed E-state index contributed by atoms with van der Waals surface area (Å²) in [5.41, 5.74) is 0.440. The van der Waals surface area contributed by atoms with Crippen LogP contribution in [0.2, 0.25) is 0 Å². The minimum Gasteiger partial charge on any atom is -0.507 e. The predicted octanol–water partition coefficient (Wildman–Crippen LogP) is 3.20. The van der Waals surface area contributed by atoms with Gasteiger partial charge < -0.3 is 14.6 Å². The van der Waals surface area contributed by atoms with E-state index in [-0.39, 0.29) is 28.5 Å². The highest BCUT2D eigenvalue weighted by atomic mass is 16.5. The summed E-state index contributed by atoms with van der Waals surface area (Å²) in [5, 5.41) is 10.0. The topological polar surface area (TPSA) is 72.8 Å². The number of carbonyl (C=O) groups is 2. The monoisotopic (exact) mass is 314 g/mol. The molecule has 0 atom stereocenters. The summed E-state index contributed by atoms with van der Waals surface area (Å²) in [6, 6.07) is 10.7. The molecule has 0 heterocycles. The molecule has 23 heavy (non-hydrogen) atoms. The van der Waals surface area contributed by atoms with Gasteiger partial charge in [-0.15, -0.1) is 0 Å². The van der Waals surface area contributed by atoms with Crippen molar-refractivity contribution in [1.82, 2.24) is 0 Å². The normalized spacial score (nSPS) is 10.4. The van der Waals surface area contributed by atoms with Crippen molar-refractivity contribution in [3.05, 3.63) is 59.2 Å². The number of rotatable bonds is 5. The Hall–Kier alpha value is -2.82. The van der Waals surface area contributed by atoms with Gasteiger partial charge in [-0.25, -0.2) is 4.79 Å². The molecule has 0 aliphatic carbocycles. The molecule has 0 saturated carbocycles. The Morgan fingerprint density at radius 1 is 1.00 bits per heavy atom. The lowest BCUT2D eigenvalue weighted by molar-refractivity contribution is 0.0375. The summed E-state index contributed by atoms with van der Waals surface area (Å²) >= 11 is 0. The van der Waals surface area contributed by atoms with Gasteiger partial charge in [-0.05, 0) is 32.0 Å². The third kappa shape index (κ3) is 3.69. The van der Waals surface area contributed by atoms with Crippen LogP contribution >= 0.6 is 0 Å². The van der Waals surface area contributed by atoms with E-state index in [0.717, 1.165) is 0 Å². The van der Waals surface area contributed by atoms with Crippen LogP contribution < -0.4 is 4.74 Å². The van der Waals surface area contributed by atoms with E-state index >= 15 is 0 Å². The number of aromatic hydroxyl groups is 1. The molecule has 2 aromatic rings. The van der Waals surface area contributed by atoms with Crippen LogP contribution in [-0.2, 0) is 4.74 Å². The van der Waals surface area contributed by atoms with E-state index in [1.807, 2.05) is 0 Å². The fourth-order valence-corrected chi connectivity index (χ4v) is 2.11. The number of carbonyl (C=O) groups excluding carboxylic acids is 2. The van der Waals surface area contributed by atoms with E-state index < -0.39 is 11.8 Å². The van der Waals surface area contributed by atoms with E-state index in [4.69, 9.17) is 9.47 Å². The standard InChI is InChI=1S/C18H18O5/c1-11(2)23-18(21)14-7-5-4-6-13(14)17(20)15-9-8-12(22-3)10-16(15)19/h4-11,19H,1-3H3. The Labute approximate surface area is 134 Å². The molecule has 0 spiro atoms. The van der Waals surface area contributed by atoms with Crippen LogP contribution in [0, 0.1) is 0 Å². The molecule has 0 aliphatic heterocycles. The summed E-state index contributed by atoms with van der Waals surface area (Å²) in [5.74, 6) is -0.800. The average Bonchev–Trinajstić information content (AvgIpc) is 2.53. The molecule has 5 heteroatoms. The molecule has 120 valence electrons. The summed E-state index contributed by atoms with van der Waals surface area (Å²) in [6.07, 6.45) is -0.292. The summed E-state index contributed by atoms with van der Waals surface area (Å²) in [7, 11) is 1.47. The van der Waals surface area contributed by atoms with Gasteiger partial charge in [0.2, 0.25) is 0 Å². The van der Waals surface area contributed by atoms with E-state index in [2.05, 4.69) is 0 Å². The first-order chi connectivity index (χ1) is 10.9. The maximum absolute atomic E-state index is 12.7. The number of esters is 1. The van der Waals surface area contributed by atoms with Crippen LogP contribution in [0.4, 0.5) is 0 Å². The minimum atomic E-state index is -0.572. The van der Waals surface area contributed by atoms with Crippen molar-refractivity contribution < 1.29 is 24.2 Å². The SMILES string of the molecule is COc1ccc(C(=O)c2ccccc2C(=O)OC(C)C)c(O)c1. The summed E-state index contributed by atoms with van der Waals surface area (Å²) in [4.78, 5) is 24.8. The van der Waals surface area contributed by atoms with Crippen molar-refractivity contribution in [3.8, 4) is 11.5 Å². The average molecular weight is 314 g/mol. The lowest BCUT2D eigenvalue weighted by Gasteiger charge is -2.12. The number of phenols is 1. The lowest BCUT2D eigenvalue weighted by atomic mass is 9.97. The molecule has 0 aliphatic rings. The number of benzene rings is 2. The minimum absolute atomic E-state index is 0.0931. The maximum Gasteiger partial charge on any atom is 0.339 e. The zero-order valence-corrected chi connectivity index (χ0v) is 13.2. The highest BCUT2D eigenvalue weighted by Gasteiger charge is 2.21. The second-order valence-electron chi connectivity index (χ2n) is 5.21. The third-order valence-corrected chi connectivity index (χ3v) is 3.18. The zero-order valence-electron chi connectivity index (χ0n) is 13.2. The quantitative estimate of drug-likeness (QED) is 0.678. The highest BCUT2D eigenvalue weighted by molar-refractivity contribution is 6.15. The first-order valence-electron chi connectivity index (χ1n) is 7.15. The van der Waals surface area contributed by atoms with Gasteiger partial charge in [0.05, 0.1) is 24.3 Å². The molecule has 0 saturated heterocycles. The van der Waals surface area contributed by atoms with Gasteiger partial charge in [-0.1, -0.05) is 18.2 Å². The predicted molar refractivity (Wildman–Crippen MR) is 85.1 cm³/mol. The number of hydrogen-bond acceptors (Lipinski definition) is 5. The van der Waals surface area contributed by atoms with Gasteiger partial charge in [0.1, 0.15) is 11.5 Å². The number of ether oxygens (including phenoxy) is 2. The fourth-order valence-electron chi connectivity index (χ4n) is 2.11. The molecule has 0 bridgehead atoms. The second kappa shape index (κ2) is 6.96. The Bertz CT molecular complexity index is 734. The van der Waals surface area contributed by atoms with Crippen molar-refractivity contribution in [3.63, 3.8) is 0 Å². The molecule has 2 rings (SSSR count). The lowest BCUT2D eigenvalue weighted by Crippen LogP contribution is -2.16. The van der Waals surface area contributed by atoms with Crippen LogP contribution in [0.5, 0.6) is 11.5 Å². The first kappa shape index (κ1) is 16.5. The van der Waals surface area contributed by atoms with E-state index in [1.165, 1.54) is 31.4 Å². The molecule has 0 aromatic heterocycles. The van der Waals surface area contributed by atoms with Crippen LogP contribution in [0.1, 0.15) is 40.1 Å². The Balaban J connectivity index is 2.42. The second-order valence-corrected chi connectivity index (χ2v) is 5.21. The molecular formula is C18H18O5. The van der Waals surface area contributed by atoms with Gasteiger partial charge >= 0.3 is 5.97 Å².